The van der Waals surface area contributed by atoms with Crippen LogP contribution in [-0.2, 0) is 4.79 Å². The monoisotopic (exact) mass is 347 g/mol. The number of carbonyl (C=O) groups excluding carboxylic acids is 1. The highest BCUT2D eigenvalue weighted by molar-refractivity contribution is 6.30. The average molecular weight is 348 g/mol. The van der Waals surface area contributed by atoms with Crippen LogP contribution in [0.4, 0.5) is 0 Å². The first kappa shape index (κ1) is 15.9. The standard InChI is InChI=1S/C18H15Cl2NO2/c19-13-4-1-12(2-5-13)3-8-18(22)21-16-9-10-23-17-7-6-14(20)11-15(16)17/h1-8,11,16H,9-10H2,(H,21,22)/b8-3+. The van der Waals surface area contributed by atoms with Crippen molar-refractivity contribution in [3.05, 3.63) is 69.7 Å². The average Bonchev–Trinajstić information content (AvgIpc) is 2.55. The van der Waals surface area contributed by atoms with Gasteiger partial charge in [-0.1, -0.05) is 35.3 Å². The molecule has 1 N–H and O–H groups in total. The lowest BCUT2D eigenvalue weighted by Crippen LogP contribution is -2.30. The summed E-state index contributed by atoms with van der Waals surface area (Å²) < 4.78 is 5.59. The minimum atomic E-state index is -0.155. The number of carbonyl (C=O) groups is 1. The molecule has 1 aliphatic heterocycles. The van der Waals surface area contributed by atoms with Crippen molar-refractivity contribution in [1.82, 2.24) is 5.32 Å². The number of fused-ring (bicyclic) bond motifs is 1. The maximum absolute atomic E-state index is 12.1. The molecule has 0 radical (unpaired) electrons. The maximum Gasteiger partial charge on any atom is 0.244 e. The minimum Gasteiger partial charge on any atom is -0.493 e. The van der Waals surface area contributed by atoms with E-state index in [0.717, 1.165) is 16.9 Å². The second kappa shape index (κ2) is 7.07. The molecule has 1 heterocycles. The van der Waals surface area contributed by atoms with E-state index in [4.69, 9.17) is 27.9 Å². The highest BCUT2D eigenvalue weighted by Crippen LogP contribution is 2.33. The van der Waals surface area contributed by atoms with Crippen molar-refractivity contribution in [3.8, 4) is 5.75 Å². The summed E-state index contributed by atoms with van der Waals surface area (Å²) in [6.07, 6.45) is 3.99. The van der Waals surface area contributed by atoms with E-state index >= 15 is 0 Å². The zero-order valence-corrected chi connectivity index (χ0v) is 13.8. The molecule has 1 atom stereocenters. The van der Waals surface area contributed by atoms with Crippen LogP contribution in [0.5, 0.6) is 5.75 Å². The van der Waals surface area contributed by atoms with Gasteiger partial charge < -0.3 is 10.1 Å². The van der Waals surface area contributed by atoms with Crippen molar-refractivity contribution in [1.29, 1.82) is 0 Å². The second-order valence-electron chi connectivity index (χ2n) is 5.27. The number of rotatable bonds is 3. The Bertz CT molecular complexity index is 741. The van der Waals surface area contributed by atoms with E-state index in [2.05, 4.69) is 5.32 Å². The Kier molecular flexibility index (Phi) is 4.89. The molecular weight excluding hydrogens is 333 g/mol. The predicted molar refractivity (Wildman–Crippen MR) is 92.9 cm³/mol. The SMILES string of the molecule is O=C(/C=C/c1ccc(Cl)cc1)NC1CCOc2ccc(Cl)cc21. The van der Waals surface area contributed by atoms with E-state index in [1.54, 1.807) is 24.3 Å². The molecule has 0 saturated heterocycles. The Balaban J connectivity index is 1.69. The topological polar surface area (TPSA) is 38.3 Å². The molecule has 23 heavy (non-hydrogen) atoms. The van der Waals surface area contributed by atoms with Gasteiger partial charge in [-0.05, 0) is 42.0 Å². The fraction of sp³-hybridized carbons (Fsp3) is 0.167. The largest absolute Gasteiger partial charge is 0.493 e. The van der Waals surface area contributed by atoms with Crippen molar-refractivity contribution in [3.63, 3.8) is 0 Å². The molecule has 3 nitrogen and oxygen atoms in total. The van der Waals surface area contributed by atoms with Crippen molar-refractivity contribution >= 4 is 35.2 Å². The summed E-state index contributed by atoms with van der Waals surface area (Å²) in [4.78, 5) is 12.1. The third-order valence-corrected chi connectivity index (χ3v) is 4.11. The number of ether oxygens (including phenoxy) is 1. The van der Waals surface area contributed by atoms with Crippen molar-refractivity contribution in [2.45, 2.75) is 12.5 Å². The van der Waals surface area contributed by atoms with Crippen molar-refractivity contribution in [2.24, 2.45) is 0 Å². The lowest BCUT2D eigenvalue weighted by molar-refractivity contribution is -0.117. The molecule has 0 aliphatic carbocycles. The summed E-state index contributed by atoms with van der Waals surface area (Å²) in [5, 5.41) is 4.29. The molecule has 0 fully saturated rings. The maximum atomic E-state index is 12.1. The smallest absolute Gasteiger partial charge is 0.244 e. The number of amides is 1. The lowest BCUT2D eigenvalue weighted by Gasteiger charge is -2.26. The van der Waals surface area contributed by atoms with Crippen LogP contribution < -0.4 is 10.1 Å². The second-order valence-corrected chi connectivity index (χ2v) is 6.14. The summed E-state index contributed by atoms with van der Waals surface area (Å²) in [5.74, 6) is 0.616. The van der Waals surface area contributed by atoms with Gasteiger partial charge in [0.05, 0.1) is 12.6 Å². The first-order valence-corrected chi connectivity index (χ1v) is 8.04. The molecule has 0 saturated carbocycles. The molecule has 0 spiro atoms. The number of hydrogen-bond donors (Lipinski definition) is 1. The van der Waals surface area contributed by atoms with Crippen LogP contribution in [0, 0.1) is 0 Å². The summed E-state index contributed by atoms with van der Waals surface area (Å²) in [5.41, 5.74) is 1.83. The van der Waals surface area contributed by atoms with Gasteiger partial charge in [0.25, 0.3) is 0 Å². The minimum absolute atomic E-state index is 0.0974. The van der Waals surface area contributed by atoms with Gasteiger partial charge in [0.1, 0.15) is 5.75 Å². The van der Waals surface area contributed by atoms with E-state index < -0.39 is 0 Å². The number of halogens is 2. The van der Waals surface area contributed by atoms with Gasteiger partial charge in [-0.25, -0.2) is 0 Å². The van der Waals surface area contributed by atoms with Gasteiger partial charge in [-0.15, -0.1) is 0 Å². The van der Waals surface area contributed by atoms with Crippen molar-refractivity contribution < 1.29 is 9.53 Å². The Labute approximate surface area is 144 Å². The molecule has 2 aromatic rings. The summed E-state index contributed by atoms with van der Waals surface area (Å²) in [6, 6.07) is 12.6. The fourth-order valence-electron chi connectivity index (χ4n) is 2.48. The zero-order valence-electron chi connectivity index (χ0n) is 12.3. The molecule has 1 amide bonds. The first-order valence-electron chi connectivity index (χ1n) is 7.28. The highest BCUT2D eigenvalue weighted by Gasteiger charge is 2.22. The van der Waals surface area contributed by atoms with Crippen LogP contribution >= 0.6 is 23.2 Å². The normalized spacial score (nSPS) is 16.7. The van der Waals surface area contributed by atoms with E-state index in [1.807, 2.05) is 24.3 Å². The van der Waals surface area contributed by atoms with Gasteiger partial charge in [0.15, 0.2) is 0 Å². The Morgan fingerprint density at radius 2 is 1.87 bits per heavy atom. The zero-order chi connectivity index (χ0) is 16.2. The Hall–Kier alpha value is -1.97. The number of nitrogens with one attached hydrogen (secondary N) is 1. The molecule has 0 bridgehead atoms. The molecule has 118 valence electrons. The summed E-state index contributed by atoms with van der Waals surface area (Å²) in [7, 11) is 0. The first-order chi connectivity index (χ1) is 11.1. The van der Waals surface area contributed by atoms with Crippen LogP contribution in [0.15, 0.2) is 48.5 Å². The van der Waals surface area contributed by atoms with Crippen molar-refractivity contribution in [2.75, 3.05) is 6.61 Å². The van der Waals surface area contributed by atoms with Crippen LogP contribution in [0.3, 0.4) is 0 Å². The van der Waals surface area contributed by atoms with Gasteiger partial charge in [-0.2, -0.15) is 0 Å². The molecule has 0 aromatic heterocycles. The van der Waals surface area contributed by atoms with E-state index in [1.165, 1.54) is 6.08 Å². The Morgan fingerprint density at radius 1 is 1.13 bits per heavy atom. The van der Waals surface area contributed by atoms with E-state index in [0.29, 0.717) is 23.1 Å². The number of benzene rings is 2. The quantitative estimate of drug-likeness (QED) is 0.821. The molecule has 3 rings (SSSR count). The third kappa shape index (κ3) is 4.06. The molecular formula is C18H15Cl2NO2. The molecule has 1 unspecified atom stereocenters. The van der Waals surface area contributed by atoms with Gasteiger partial charge >= 0.3 is 0 Å². The van der Waals surface area contributed by atoms with Crippen LogP contribution in [-0.4, -0.2) is 12.5 Å². The fourth-order valence-corrected chi connectivity index (χ4v) is 2.79. The summed E-state index contributed by atoms with van der Waals surface area (Å²) in [6.45, 7) is 0.570. The highest BCUT2D eigenvalue weighted by atomic mass is 35.5. The van der Waals surface area contributed by atoms with Crippen LogP contribution in [0.2, 0.25) is 10.0 Å². The Morgan fingerprint density at radius 3 is 2.65 bits per heavy atom. The molecule has 2 aromatic carbocycles. The summed E-state index contributed by atoms with van der Waals surface area (Å²) >= 11 is 11.9. The van der Waals surface area contributed by atoms with Crippen LogP contribution in [0.1, 0.15) is 23.6 Å². The molecule has 1 aliphatic rings. The van der Waals surface area contributed by atoms with Gasteiger partial charge in [0.2, 0.25) is 5.91 Å². The van der Waals surface area contributed by atoms with E-state index in [9.17, 15) is 4.79 Å². The van der Waals surface area contributed by atoms with Gasteiger partial charge in [-0.3, -0.25) is 4.79 Å². The predicted octanol–water partition coefficient (Wildman–Crippen LogP) is 4.65. The number of hydrogen-bond acceptors (Lipinski definition) is 2. The van der Waals surface area contributed by atoms with E-state index in [-0.39, 0.29) is 11.9 Å². The van der Waals surface area contributed by atoms with Crippen LogP contribution in [0.25, 0.3) is 6.08 Å². The lowest BCUT2D eigenvalue weighted by atomic mass is 10.0. The third-order valence-electron chi connectivity index (χ3n) is 3.62. The molecule has 5 heteroatoms. The van der Waals surface area contributed by atoms with Gasteiger partial charge in [0, 0.05) is 28.1 Å².